The molecule has 136 valence electrons. The number of fused-ring (bicyclic) bond motifs is 3. The molecule has 1 nitrogen and oxygen atoms in total. The van der Waals surface area contributed by atoms with Crippen LogP contribution in [0.4, 0.5) is 0 Å². The maximum absolute atomic E-state index is 3.61. The van der Waals surface area contributed by atoms with E-state index in [4.69, 9.17) is 0 Å². The van der Waals surface area contributed by atoms with Crippen molar-refractivity contribution in [2.45, 2.75) is 63.8 Å². The van der Waals surface area contributed by atoms with Crippen LogP contribution in [0, 0.1) is 11.8 Å². The Balaban J connectivity index is 1.48. The zero-order valence-electron chi connectivity index (χ0n) is 15.5. The second-order valence-electron chi connectivity index (χ2n) is 8.38. The molecular formula is C24H28BrN. The van der Waals surface area contributed by atoms with Gasteiger partial charge in [-0.2, -0.15) is 0 Å². The summed E-state index contributed by atoms with van der Waals surface area (Å²) >= 11 is 3.61. The minimum Gasteiger partial charge on any atom is -0.338 e. The van der Waals surface area contributed by atoms with E-state index in [0.29, 0.717) is 12.0 Å². The van der Waals surface area contributed by atoms with Crippen LogP contribution < -0.4 is 0 Å². The van der Waals surface area contributed by atoms with Gasteiger partial charge in [-0.15, -0.1) is 0 Å². The molecule has 0 fully saturated rings. The first-order valence-electron chi connectivity index (χ1n) is 10.4. The molecule has 1 aromatic rings. The van der Waals surface area contributed by atoms with Crippen LogP contribution >= 0.6 is 15.9 Å². The van der Waals surface area contributed by atoms with Gasteiger partial charge in [-0.3, -0.25) is 0 Å². The van der Waals surface area contributed by atoms with E-state index in [1.165, 1.54) is 62.3 Å². The Morgan fingerprint density at radius 3 is 2.73 bits per heavy atom. The first-order valence-corrected chi connectivity index (χ1v) is 11.2. The minimum absolute atomic E-state index is 0.551. The van der Waals surface area contributed by atoms with Crippen molar-refractivity contribution in [2.24, 2.45) is 11.8 Å². The summed E-state index contributed by atoms with van der Waals surface area (Å²) in [5.74, 6) is 1.46. The van der Waals surface area contributed by atoms with Crippen LogP contribution in [0.15, 0.2) is 40.9 Å². The van der Waals surface area contributed by atoms with E-state index < -0.39 is 0 Å². The average Bonchev–Trinajstić information content (AvgIpc) is 3.03. The summed E-state index contributed by atoms with van der Waals surface area (Å²) in [7, 11) is 0. The zero-order chi connectivity index (χ0) is 17.5. The molecular weight excluding hydrogens is 382 g/mol. The lowest BCUT2D eigenvalue weighted by molar-refractivity contribution is 0.312. The second kappa shape index (κ2) is 7.03. The predicted octanol–water partition coefficient (Wildman–Crippen LogP) is 6.69. The van der Waals surface area contributed by atoms with Crippen molar-refractivity contribution in [1.29, 1.82) is 0 Å². The molecule has 0 N–H and O–H groups in total. The standard InChI is InChI=1S/C24H28BrN/c25-19-14-12-17(13-15-19)18-6-5-7-20(16-18)26-23-10-3-1-8-21(23)22-9-2-4-11-24(22)26/h3,5,7,10,12,14-15,17-18,20H,1-2,4,6,8-9,11,13,16H2. The van der Waals surface area contributed by atoms with Crippen molar-refractivity contribution >= 4 is 22.0 Å². The molecule has 0 amide bonds. The van der Waals surface area contributed by atoms with Gasteiger partial charge in [-0.1, -0.05) is 52.4 Å². The molecule has 3 unspecified atom stereocenters. The van der Waals surface area contributed by atoms with Crippen LogP contribution in [0.3, 0.4) is 0 Å². The van der Waals surface area contributed by atoms with Crippen LogP contribution in [0.25, 0.3) is 6.08 Å². The number of aromatic nitrogens is 1. The third-order valence-corrected chi connectivity index (χ3v) is 7.45. The number of nitrogens with zero attached hydrogens (tertiary/aromatic N) is 1. The van der Waals surface area contributed by atoms with E-state index in [9.17, 15) is 0 Å². The molecule has 0 aromatic carbocycles. The zero-order valence-corrected chi connectivity index (χ0v) is 17.0. The monoisotopic (exact) mass is 409 g/mol. The average molecular weight is 410 g/mol. The van der Waals surface area contributed by atoms with E-state index in [2.05, 4.69) is 63.0 Å². The van der Waals surface area contributed by atoms with E-state index in [1.807, 2.05) is 0 Å². The summed E-state index contributed by atoms with van der Waals surface area (Å²) < 4.78 is 4.00. The molecule has 4 aliphatic rings. The maximum Gasteiger partial charge on any atom is 0.0522 e. The number of halogens is 1. The summed E-state index contributed by atoms with van der Waals surface area (Å²) in [5.41, 5.74) is 6.61. The summed E-state index contributed by atoms with van der Waals surface area (Å²) in [6.45, 7) is 0. The summed E-state index contributed by atoms with van der Waals surface area (Å²) in [4.78, 5) is 0. The third kappa shape index (κ3) is 2.91. The fraction of sp³-hybridized carbons (Fsp3) is 0.500. The van der Waals surface area contributed by atoms with Crippen molar-refractivity contribution in [3.8, 4) is 0 Å². The highest BCUT2D eigenvalue weighted by Gasteiger charge is 2.31. The lowest BCUT2D eigenvalue weighted by Crippen LogP contribution is -2.24. The van der Waals surface area contributed by atoms with E-state index in [1.54, 1.807) is 22.5 Å². The minimum atomic E-state index is 0.551. The van der Waals surface area contributed by atoms with Crippen molar-refractivity contribution in [1.82, 2.24) is 4.57 Å². The van der Waals surface area contributed by atoms with Crippen LogP contribution in [-0.2, 0) is 19.3 Å². The van der Waals surface area contributed by atoms with Crippen molar-refractivity contribution in [3.63, 3.8) is 0 Å². The highest BCUT2D eigenvalue weighted by atomic mass is 79.9. The topological polar surface area (TPSA) is 4.93 Å². The Bertz CT molecular complexity index is 820. The van der Waals surface area contributed by atoms with Crippen molar-refractivity contribution < 1.29 is 0 Å². The van der Waals surface area contributed by atoms with E-state index in [-0.39, 0.29) is 0 Å². The van der Waals surface area contributed by atoms with E-state index >= 15 is 0 Å². The van der Waals surface area contributed by atoms with Crippen molar-refractivity contribution in [2.75, 3.05) is 0 Å². The van der Waals surface area contributed by atoms with Crippen LogP contribution in [0.1, 0.15) is 67.1 Å². The molecule has 0 saturated carbocycles. The van der Waals surface area contributed by atoms with Crippen LogP contribution in [0.5, 0.6) is 0 Å². The van der Waals surface area contributed by atoms with Crippen molar-refractivity contribution in [3.05, 3.63) is 63.5 Å². The van der Waals surface area contributed by atoms with Gasteiger partial charge >= 0.3 is 0 Å². The predicted molar refractivity (Wildman–Crippen MR) is 114 cm³/mol. The fourth-order valence-corrected chi connectivity index (χ4v) is 5.92. The van der Waals surface area contributed by atoms with Gasteiger partial charge in [0.1, 0.15) is 0 Å². The summed E-state index contributed by atoms with van der Waals surface area (Å²) in [6, 6.07) is 0.551. The Labute approximate surface area is 165 Å². The fourth-order valence-electron chi connectivity index (χ4n) is 5.58. The summed E-state index contributed by atoms with van der Waals surface area (Å²) in [5, 5.41) is 0. The van der Waals surface area contributed by atoms with Gasteiger partial charge in [0.15, 0.2) is 0 Å². The molecule has 5 rings (SSSR count). The molecule has 26 heavy (non-hydrogen) atoms. The molecule has 0 saturated heterocycles. The van der Waals surface area contributed by atoms with Gasteiger partial charge in [-0.05, 0) is 86.8 Å². The molecule has 2 heteroatoms. The lowest BCUT2D eigenvalue weighted by Gasteiger charge is -2.33. The molecule has 3 atom stereocenters. The van der Waals surface area contributed by atoms with Gasteiger partial charge < -0.3 is 4.57 Å². The Kier molecular flexibility index (Phi) is 4.56. The molecule has 0 bridgehead atoms. The largest absolute Gasteiger partial charge is 0.338 e. The molecule has 0 spiro atoms. The Morgan fingerprint density at radius 2 is 1.85 bits per heavy atom. The normalized spacial score (nSPS) is 30.0. The van der Waals surface area contributed by atoms with Gasteiger partial charge in [0.05, 0.1) is 6.04 Å². The number of rotatable bonds is 2. The maximum atomic E-state index is 3.61. The first kappa shape index (κ1) is 16.9. The van der Waals surface area contributed by atoms with Crippen LogP contribution in [0.2, 0.25) is 0 Å². The first-order chi connectivity index (χ1) is 12.8. The van der Waals surface area contributed by atoms with Crippen LogP contribution in [-0.4, -0.2) is 4.57 Å². The third-order valence-electron chi connectivity index (χ3n) is 6.87. The molecule has 1 heterocycles. The van der Waals surface area contributed by atoms with Gasteiger partial charge in [0, 0.05) is 15.9 Å². The van der Waals surface area contributed by atoms with Gasteiger partial charge in [-0.25, -0.2) is 0 Å². The highest BCUT2D eigenvalue weighted by Crippen LogP contribution is 2.42. The smallest absolute Gasteiger partial charge is 0.0522 e. The number of hydrogen-bond donors (Lipinski definition) is 0. The molecule has 1 aromatic heterocycles. The SMILES string of the molecule is BrC1=CCC(C2CC=CC(n3c4c(c5c3CCCC5)CCC=C4)C2)C=C1. The molecule has 0 radical (unpaired) electrons. The van der Waals surface area contributed by atoms with E-state index in [0.717, 1.165) is 5.92 Å². The molecule has 4 aliphatic carbocycles. The Hall–Kier alpha value is -1.28. The highest BCUT2D eigenvalue weighted by molar-refractivity contribution is 9.11. The second-order valence-corrected chi connectivity index (χ2v) is 9.30. The number of allylic oxidation sites excluding steroid dienone is 7. The lowest BCUT2D eigenvalue weighted by atomic mass is 9.78. The summed E-state index contributed by atoms with van der Waals surface area (Å²) in [6.07, 6.45) is 28.3. The quantitative estimate of drug-likeness (QED) is 0.479. The number of hydrogen-bond acceptors (Lipinski definition) is 0. The Morgan fingerprint density at radius 1 is 0.923 bits per heavy atom. The molecule has 0 aliphatic heterocycles. The van der Waals surface area contributed by atoms with Gasteiger partial charge in [0.2, 0.25) is 0 Å². The van der Waals surface area contributed by atoms with Gasteiger partial charge in [0.25, 0.3) is 0 Å².